The van der Waals surface area contributed by atoms with Crippen molar-refractivity contribution in [2.24, 2.45) is 0 Å². The first kappa shape index (κ1) is 12.7. The van der Waals surface area contributed by atoms with Gasteiger partial charge in [-0.15, -0.1) is 0 Å². The Labute approximate surface area is 129 Å². The van der Waals surface area contributed by atoms with Gasteiger partial charge in [-0.25, -0.2) is 4.98 Å². The van der Waals surface area contributed by atoms with E-state index < -0.39 is 0 Å². The van der Waals surface area contributed by atoms with E-state index in [-0.39, 0.29) is 0 Å². The molecule has 0 aliphatic rings. The Morgan fingerprint density at radius 2 is 1.41 bits per heavy atom. The molecular formula is C20H14N2. The topological polar surface area (TPSA) is 25.8 Å². The van der Waals surface area contributed by atoms with Crippen LogP contribution in [0.1, 0.15) is 0 Å². The quantitative estimate of drug-likeness (QED) is 0.519. The van der Waals surface area contributed by atoms with Crippen molar-refractivity contribution in [3.63, 3.8) is 0 Å². The van der Waals surface area contributed by atoms with Crippen LogP contribution in [0.25, 0.3) is 33.3 Å². The summed E-state index contributed by atoms with van der Waals surface area (Å²) in [5.41, 5.74) is 5.43. The zero-order valence-corrected chi connectivity index (χ0v) is 12.0. The van der Waals surface area contributed by atoms with Crippen LogP contribution in [0.5, 0.6) is 0 Å². The summed E-state index contributed by atoms with van der Waals surface area (Å²) in [7, 11) is 0. The van der Waals surface area contributed by atoms with Crippen LogP contribution < -0.4 is 0 Å². The molecule has 0 saturated carbocycles. The molecule has 2 aromatic heterocycles. The van der Waals surface area contributed by atoms with Gasteiger partial charge in [0, 0.05) is 23.3 Å². The van der Waals surface area contributed by atoms with Gasteiger partial charge in [-0.05, 0) is 29.3 Å². The molecule has 4 aromatic rings. The standard InChI is InChI=1S/C20H14N2/c1-2-6-19-16(4-1)11-12-20(22-19)17-9-7-15(8-10-17)18-5-3-13-21-14-18/h1-14H. The lowest BCUT2D eigenvalue weighted by atomic mass is 10.0. The van der Waals surface area contributed by atoms with Crippen molar-refractivity contribution in [3.8, 4) is 22.4 Å². The molecule has 0 bridgehead atoms. The van der Waals surface area contributed by atoms with Crippen LogP contribution >= 0.6 is 0 Å². The summed E-state index contributed by atoms with van der Waals surface area (Å²) in [6.45, 7) is 0. The molecule has 22 heavy (non-hydrogen) atoms. The number of fused-ring (bicyclic) bond motifs is 1. The number of benzene rings is 2. The maximum atomic E-state index is 4.74. The van der Waals surface area contributed by atoms with E-state index >= 15 is 0 Å². The highest BCUT2D eigenvalue weighted by molar-refractivity contribution is 5.81. The molecule has 0 unspecified atom stereocenters. The summed E-state index contributed by atoms with van der Waals surface area (Å²) in [6, 6.07) is 24.8. The summed E-state index contributed by atoms with van der Waals surface area (Å²) in [5.74, 6) is 0. The Bertz CT molecular complexity index is 913. The minimum atomic E-state index is 0.997. The number of pyridine rings is 2. The first-order valence-corrected chi connectivity index (χ1v) is 7.27. The molecule has 2 heteroatoms. The molecule has 104 valence electrons. The van der Waals surface area contributed by atoms with E-state index in [1.165, 1.54) is 5.39 Å². The Morgan fingerprint density at radius 1 is 0.591 bits per heavy atom. The average Bonchev–Trinajstić information content (AvgIpc) is 2.62. The second kappa shape index (κ2) is 5.41. The highest BCUT2D eigenvalue weighted by Gasteiger charge is 2.02. The van der Waals surface area contributed by atoms with Crippen LogP contribution in [0.15, 0.2) is 85.2 Å². The highest BCUT2D eigenvalue weighted by atomic mass is 14.7. The molecule has 0 fully saturated rings. The number of para-hydroxylation sites is 1. The Hall–Kier alpha value is -3.00. The molecule has 0 aliphatic heterocycles. The summed E-state index contributed by atoms with van der Waals surface area (Å²) in [4.78, 5) is 8.90. The van der Waals surface area contributed by atoms with E-state index in [2.05, 4.69) is 53.5 Å². The van der Waals surface area contributed by atoms with Crippen molar-refractivity contribution in [2.75, 3.05) is 0 Å². The zero-order valence-electron chi connectivity index (χ0n) is 12.0. The van der Waals surface area contributed by atoms with Gasteiger partial charge in [-0.1, -0.05) is 54.6 Å². The van der Waals surface area contributed by atoms with Gasteiger partial charge in [0.05, 0.1) is 11.2 Å². The summed E-state index contributed by atoms with van der Waals surface area (Å²) in [5, 5.41) is 1.17. The second-order valence-electron chi connectivity index (χ2n) is 5.21. The maximum absolute atomic E-state index is 4.74. The number of nitrogens with zero attached hydrogens (tertiary/aromatic N) is 2. The number of hydrogen-bond donors (Lipinski definition) is 0. The number of hydrogen-bond acceptors (Lipinski definition) is 2. The zero-order chi connectivity index (χ0) is 14.8. The Morgan fingerprint density at radius 3 is 2.23 bits per heavy atom. The lowest BCUT2D eigenvalue weighted by Crippen LogP contribution is -1.85. The molecule has 0 aliphatic carbocycles. The van der Waals surface area contributed by atoms with Gasteiger partial charge in [0.15, 0.2) is 0 Å². The molecule has 2 heterocycles. The Balaban J connectivity index is 1.73. The largest absolute Gasteiger partial charge is 0.264 e. The smallest absolute Gasteiger partial charge is 0.0709 e. The molecule has 0 spiro atoms. The summed E-state index contributed by atoms with van der Waals surface area (Å²) >= 11 is 0. The lowest BCUT2D eigenvalue weighted by Gasteiger charge is -2.05. The number of rotatable bonds is 2. The van der Waals surface area contributed by atoms with E-state index in [1.54, 1.807) is 6.20 Å². The van der Waals surface area contributed by atoms with Crippen LogP contribution in [0.3, 0.4) is 0 Å². The fraction of sp³-hybridized carbons (Fsp3) is 0. The van der Waals surface area contributed by atoms with Gasteiger partial charge in [-0.3, -0.25) is 4.98 Å². The number of aromatic nitrogens is 2. The van der Waals surface area contributed by atoms with Crippen molar-refractivity contribution < 1.29 is 0 Å². The molecule has 4 rings (SSSR count). The molecule has 0 radical (unpaired) electrons. The molecule has 2 nitrogen and oxygen atoms in total. The maximum Gasteiger partial charge on any atom is 0.0709 e. The molecule has 0 amide bonds. The van der Waals surface area contributed by atoms with Crippen LogP contribution in [-0.2, 0) is 0 Å². The lowest BCUT2D eigenvalue weighted by molar-refractivity contribution is 1.33. The normalized spacial score (nSPS) is 10.7. The van der Waals surface area contributed by atoms with Gasteiger partial charge in [0.25, 0.3) is 0 Å². The average molecular weight is 282 g/mol. The van der Waals surface area contributed by atoms with Crippen molar-refractivity contribution >= 4 is 10.9 Å². The first-order chi connectivity index (χ1) is 10.9. The first-order valence-electron chi connectivity index (χ1n) is 7.27. The van der Waals surface area contributed by atoms with Gasteiger partial charge >= 0.3 is 0 Å². The fourth-order valence-electron chi connectivity index (χ4n) is 2.59. The van der Waals surface area contributed by atoms with Gasteiger partial charge in [0.2, 0.25) is 0 Å². The van der Waals surface area contributed by atoms with Crippen molar-refractivity contribution in [3.05, 3.63) is 85.2 Å². The van der Waals surface area contributed by atoms with E-state index in [0.717, 1.165) is 27.9 Å². The van der Waals surface area contributed by atoms with Gasteiger partial charge in [0.1, 0.15) is 0 Å². The molecule has 2 aromatic carbocycles. The highest BCUT2D eigenvalue weighted by Crippen LogP contribution is 2.24. The minimum absolute atomic E-state index is 0.997. The third kappa shape index (κ3) is 2.35. The third-order valence-electron chi connectivity index (χ3n) is 3.77. The van der Waals surface area contributed by atoms with Crippen molar-refractivity contribution in [1.82, 2.24) is 9.97 Å². The molecule has 0 saturated heterocycles. The van der Waals surface area contributed by atoms with Crippen LogP contribution in [0.4, 0.5) is 0 Å². The van der Waals surface area contributed by atoms with E-state index in [1.807, 2.05) is 30.5 Å². The van der Waals surface area contributed by atoms with Crippen molar-refractivity contribution in [2.45, 2.75) is 0 Å². The second-order valence-corrected chi connectivity index (χ2v) is 5.21. The third-order valence-corrected chi connectivity index (χ3v) is 3.77. The SMILES string of the molecule is c1cncc(-c2ccc(-c3ccc4ccccc4n3)cc2)c1. The van der Waals surface area contributed by atoms with Crippen LogP contribution in [0, 0.1) is 0 Å². The van der Waals surface area contributed by atoms with Crippen molar-refractivity contribution in [1.29, 1.82) is 0 Å². The van der Waals surface area contributed by atoms with Gasteiger partial charge in [-0.2, -0.15) is 0 Å². The van der Waals surface area contributed by atoms with Gasteiger partial charge < -0.3 is 0 Å². The molecule has 0 N–H and O–H groups in total. The van der Waals surface area contributed by atoms with Crippen LogP contribution in [-0.4, -0.2) is 9.97 Å². The van der Waals surface area contributed by atoms with E-state index in [0.29, 0.717) is 0 Å². The van der Waals surface area contributed by atoms with Crippen LogP contribution in [0.2, 0.25) is 0 Å². The predicted molar refractivity (Wildman–Crippen MR) is 90.4 cm³/mol. The van der Waals surface area contributed by atoms with E-state index in [9.17, 15) is 0 Å². The fourth-order valence-corrected chi connectivity index (χ4v) is 2.59. The molecular weight excluding hydrogens is 268 g/mol. The minimum Gasteiger partial charge on any atom is -0.264 e. The predicted octanol–water partition coefficient (Wildman–Crippen LogP) is 4.96. The Kier molecular flexibility index (Phi) is 3.13. The van der Waals surface area contributed by atoms with E-state index in [4.69, 9.17) is 4.98 Å². The monoisotopic (exact) mass is 282 g/mol. The molecule has 0 atom stereocenters. The summed E-state index contributed by atoms with van der Waals surface area (Å²) < 4.78 is 0. The summed E-state index contributed by atoms with van der Waals surface area (Å²) in [6.07, 6.45) is 3.67.